The zero-order chi connectivity index (χ0) is 16.0. The van der Waals surface area contributed by atoms with Crippen molar-refractivity contribution in [2.75, 3.05) is 13.1 Å². The van der Waals surface area contributed by atoms with Crippen LogP contribution in [0.15, 0.2) is 18.2 Å². The fourth-order valence-corrected chi connectivity index (χ4v) is 2.46. The molecule has 21 heavy (non-hydrogen) atoms. The highest BCUT2D eigenvalue weighted by molar-refractivity contribution is 6.35. The van der Waals surface area contributed by atoms with Crippen molar-refractivity contribution in [3.63, 3.8) is 0 Å². The molecule has 7 heteroatoms. The van der Waals surface area contributed by atoms with Crippen LogP contribution in [0, 0.1) is 0 Å². The third-order valence-corrected chi connectivity index (χ3v) is 3.44. The van der Waals surface area contributed by atoms with Crippen LogP contribution in [-0.4, -0.2) is 35.1 Å². The van der Waals surface area contributed by atoms with E-state index in [1.54, 1.807) is 25.1 Å². The summed E-state index contributed by atoms with van der Waals surface area (Å²) >= 11 is 11.9. The van der Waals surface area contributed by atoms with Gasteiger partial charge in [0.15, 0.2) is 0 Å². The van der Waals surface area contributed by atoms with Gasteiger partial charge in [-0.05, 0) is 31.0 Å². The Morgan fingerprint density at radius 2 is 2.05 bits per heavy atom. The van der Waals surface area contributed by atoms with E-state index in [0.29, 0.717) is 23.0 Å². The molecule has 0 bridgehead atoms. The molecule has 5 nitrogen and oxygen atoms in total. The van der Waals surface area contributed by atoms with E-state index in [9.17, 15) is 9.59 Å². The summed E-state index contributed by atoms with van der Waals surface area (Å²) in [5.41, 5.74) is 0.723. The molecule has 1 aromatic rings. The van der Waals surface area contributed by atoms with Crippen molar-refractivity contribution in [2.45, 2.75) is 26.3 Å². The summed E-state index contributed by atoms with van der Waals surface area (Å²) in [5.74, 6) is -1.05. The van der Waals surface area contributed by atoms with Gasteiger partial charge in [0.1, 0.15) is 6.54 Å². The van der Waals surface area contributed by atoms with Crippen molar-refractivity contribution in [1.82, 2.24) is 10.2 Å². The number of nitrogens with one attached hydrogen (secondary N) is 1. The first-order valence-corrected chi connectivity index (χ1v) is 7.33. The smallest absolute Gasteiger partial charge is 0.323 e. The average Bonchev–Trinajstić information content (AvgIpc) is 2.37. The molecule has 2 N–H and O–H groups in total. The average molecular weight is 333 g/mol. The summed E-state index contributed by atoms with van der Waals surface area (Å²) in [7, 11) is 0. The molecule has 1 aromatic carbocycles. The number of nitrogens with zero attached hydrogens (tertiary/aromatic N) is 1. The summed E-state index contributed by atoms with van der Waals surface area (Å²) in [4.78, 5) is 24.1. The second-order valence-corrected chi connectivity index (χ2v) is 5.50. The monoisotopic (exact) mass is 332 g/mol. The summed E-state index contributed by atoms with van der Waals surface area (Å²) in [6, 6.07) is 4.24. The number of carbonyl (C=O) groups is 2. The molecular formula is C14H18Cl2N2O3. The lowest BCUT2D eigenvalue weighted by atomic mass is 10.1. The van der Waals surface area contributed by atoms with Crippen LogP contribution in [0.4, 0.5) is 4.79 Å². The van der Waals surface area contributed by atoms with E-state index >= 15 is 0 Å². The molecule has 116 valence electrons. The Morgan fingerprint density at radius 1 is 1.38 bits per heavy atom. The van der Waals surface area contributed by atoms with Gasteiger partial charge in [-0.25, -0.2) is 4.79 Å². The van der Waals surface area contributed by atoms with Crippen molar-refractivity contribution >= 4 is 35.2 Å². The van der Waals surface area contributed by atoms with E-state index in [1.165, 1.54) is 4.90 Å². The third kappa shape index (κ3) is 5.44. The van der Waals surface area contributed by atoms with Crippen LogP contribution in [0.3, 0.4) is 0 Å². The molecule has 0 aliphatic heterocycles. The van der Waals surface area contributed by atoms with Crippen LogP contribution >= 0.6 is 23.2 Å². The van der Waals surface area contributed by atoms with E-state index < -0.39 is 12.0 Å². The lowest BCUT2D eigenvalue weighted by Crippen LogP contribution is -2.44. The third-order valence-electron chi connectivity index (χ3n) is 2.88. The lowest BCUT2D eigenvalue weighted by molar-refractivity contribution is -0.137. The van der Waals surface area contributed by atoms with E-state index in [2.05, 4.69) is 5.32 Å². The predicted octanol–water partition coefficient (Wildman–Crippen LogP) is 3.56. The van der Waals surface area contributed by atoms with Gasteiger partial charge in [-0.15, -0.1) is 0 Å². The zero-order valence-electron chi connectivity index (χ0n) is 11.9. The number of hydrogen-bond donors (Lipinski definition) is 2. The summed E-state index contributed by atoms with van der Waals surface area (Å²) < 4.78 is 0. The fraction of sp³-hybridized carbons (Fsp3) is 0.429. The maximum absolute atomic E-state index is 12.1. The number of carbonyl (C=O) groups excluding carboxylic acids is 1. The minimum absolute atomic E-state index is 0.333. The predicted molar refractivity (Wildman–Crippen MR) is 82.9 cm³/mol. The molecule has 0 heterocycles. The topological polar surface area (TPSA) is 69.6 Å². The van der Waals surface area contributed by atoms with E-state index in [-0.39, 0.29) is 12.6 Å². The number of carboxylic acids is 1. The summed E-state index contributed by atoms with van der Waals surface area (Å²) in [6.07, 6.45) is 0.677. The lowest BCUT2D eigenvalue weighted by Gasteiger charge is -2.24. The number of rotatable bonds is 6. The van der Waals surface area contributed by atoms with Crippen molar-refractivity contribution in [1.29, 1.82) is 0 Å². The van der Waals surface area contributed by atoms with Crippen LogP contribution < -0.4 is 5.32 Å². The largest absolute Gasteiger partial charge is 0.480 e. The van der Waals surface area contributed by atoms with Crippen molar-refractivity contribution in [3.05, 3.63) is 33.8 Å². The number of aliphatic carboxylic acids is 1. The van der Waals surface area contributed by atoms with E-state index in [1.807, 2.05) is 6.92 Å². The molecule has 0 radical (unpaired) electrons. The maximum Gasteiger partial charge on any atom is 0.323 e. The number of hydrogen-bond acceptors (Lipinski definition) is 2. The molecule has 0 spiro atoms. The normalized spacial score (nSPS) is 11.8. The number of urea groups is 1. The second kappa shape index (κ2) is 8.10. The van der Waals surface area contributed by atoms with E-state index in [4.69, 9.17) is 28.3 Å². The van der Waals surface area contributed by atoms with E-state index in [0.717, 1.165) is 5.56 Å². The molecule has 2 amide bonds. The standard InChI is InChI=1S/C14H18Cl2N2O3/c1-3-6-18(8-13(19)20)14(21)17-9(2)11-5-4-10(15)7-12(11)16/h4-5,7,9H,3,6,8H2,1-2H3,(H,17,21)(H,19,20). The first-order valence-electron chi connectivity index (χ1n) is 6.57. The van der Waals surface area contributed by atoms with Gasteiger partial charge >= 0.3 is 12.0 Å². The molecule has 1 atom stereocenters. The van der Waals surface area contributed by atoms with Crippen LogP contribution in [-0.2, 0) is 4.79 Å². The van der Waals surface area contributed by atoms with Crippen molar-refractivity contribution < 1.29 is 14.7 Å². The summed E-state index contributed by atoms with van der Waals surface area (Å²) in [5, 5.41) is 12.5. The Kier molecular flexibility index (Phi) is 6.78. The number of halogens is 2. The van der Waals surface area contributed by atoms with Gasteiger partial charge in [0, 0.05) is 16.6 Å². The number of carboxylic acid groups (broad SMARTS) is 1. The number of benzene rings is 1. The maximum atomic E-state index is 12.1. The number of amides is 2. The quantitative estimate of drug-likeness (QED) is 0.836. The minimum atomic E-state index is -1.05. The Bertz CT molecular complexity index is 523. The van der Waals surface area contributed by atoms with Gasteiger partial charge in [-0.1, -0.05) is 36.2 Å². The van der Waals surface area contributed by atoms with Gasteiger partial charge in [-0.2, -0.15) is 0 Å². The SMILES string of the molecule is CCCN(CC(=O)O)C(=O)NC(C)c1ccc(Cl)cc1Cl. The van der Waals surface area contributed by atoms with Crippen LogP contribution in [0.5, 0.6) is 0 Å². The minimum Gasteiger partial charge on any atom is -0.480 e. The van der Waals surface area contributed by atoms with Gasteiger partial charge in [0.25, 0.3) is 0 Å². The fourth-order valence-electron chi connectivity index (χ4n) is 1.89. The first-order chi connectivity index (χ1) is 9.85. The highest BCUT2D eigenvalue weighted by atomic mass is 35.5. The molecule has 1 rings (SSSR count). The Hall–Kier alpha value is -1.46. The highest BCUT2D eigenvalue weighted by Gasteiger charge is 2.19. The molecular weight excluding hydrogens is 315 g/mol. The Balaban J connectivity index is 2.77. The van der Waals surface area contributed by atoms with Crippen LogP contribution in [0.1, 0.15) is 31.9 Å². The second-order valence-electron chi connectivity index (χ2n) is 4.65. The van der Waals surface area contributed by atoms with Crippen LogP contribution in [0.2, 0.25) is 10.0 Å². The van der Waals surface area contributed by atoms with Crippen molar-refractivity contribution in [3.8, 4) is 0 Å². The zero-order valence-corrected chi connectivity index (χ0v) is 13.4. The molecule has 0 aliphatic carbocycles. The van der Waals surface area contributed by atoms with Gasteiger partial charge in [0.2, 0.25) is 0 Å². The molecule has 0 aliphatic rings. The first kappa shape index (κ1) is 17.6. The van der Waals surface area contributed by atoms with Gasteiger partial charge in [0.05, 0.1) is 6.04 Å². The Morgan fingerprint density at radius 3 is 2.57 bits per heavy atom. The van der Waals surface area contributed by atoms with Gasteiger partial charge in [-0.3, -0.25) is 4.79 Å². The molecule has 0 saturated carbocycles. The highest BCUT2D eigenvalue weighted by Crippen LogP contribution is 2.26. The molecule has 1 unspecified atom stereocenters. The molecule has 0 aromatic heterocycles. The van der Waals surface area contributed by atoms with Crippen molar-refractivity contribution in [2.24, 2.45) is 0 Å². The molecule has 0 fully saturated rings. The molecule has 0 saturated heterocycles. The summed E-state index contributed by atoms with van der Waals surface area (Å²) in [6.45, 7) is 3.69. The van der Waals surface area contributed by atoms with Crippen LogP contribution in [0.25, 0.3) is 0 Å². The van der Waals surface area contributed by atoms with Gasteiger partial charge < -0.3 is 15.3 Å². The Labute approximate surface area is 133 Å².